The van der Waals surface area contributed by atoms with Gasteiger partial charge >= 0.3 is 12.4 Å². The van der Waals surface area contributed by atoms with Gasteiger partial charge in [-0.2, -0.15) is 31.8 Å². The third-order valence-corrected chi connectivity index (χ3v) is 2.48. The van der Waals surface area contributed by atoms with Gasteiger partial charge in [0.2, 0.25) is 0 Å². The first-order valence-electron chi connectivity index (χ1n) is 5.39. The fourth-order valence-corrected chi connectivity index (χ4v) is 1.70. The van der Waals surface area contributed by atoms with E-state index in [0.717, 1.165) is 0 Å². The number of piperidine rings is 1. The monoisotopic (exact) mass is 280 g/mol. The highest BCUT2D eigenvalue weighted by Gasteiger charge is 2.33. The van der Waals surface area contributed by atoms with E-state index in [1.165, 1.54) is 4.90 Å². The Morgan fingerprint density at radius 2 is 1.56 bits per heavy atom. The highest BCUT2D eigenvalue weighted by Crippen LogP contribution is 2.20. The van der Waals surface area contributed by atoms with Gasteiger partial charge in [0.25, 0.3) is 0 Å². The predicted octanol–water partition coefficient (Wildman–Crippen LogP) is 2.10. The molecule has 0 amide bonds. The molecule has 1 N–H and O–H groups in total. The Morgan fingerprint density at radius 1 is 1.00 bits per heavy atom. The molecule has 0 aliphatic carbocycles. The van der Waals surface area contributed by atoms with Gasteiger partial charge in [0, 0.05) is 19.1 Å². The number of rotatable bonds is 4. The molecular weight excluding hydrogens is 266 g/mol. The Labute approximate surface area is 100 Å². The van der Waals surface area contributed by atoms with Crippen LogP contribution in [0.3, 0.4) is 0 Å². The maximum Gasteiger partial charge on any atom is 0.413 e. The molecule has 0 radical (unpaired) electrons. The number of hydrogen-bond donors (Lipinski definition) is 1. The van der Waals surface area contributed by atoms with E-state index in [-0.39, 0.29) is 19.1 Å². The van der Waals surface area contributed by atoms with E-state index in [4.69, 9.17) is 0 Å². The van der Waals surface area contributed by atoms with Crippen LogP contribution in [-0.4, -0.2) is 49.5 Å². The molecular formula is C9H14F6N2O. The largest absolute Gasteiger partial charge is 0.413 e. The summed E-state index contributed by atoms with van der Waals surface area (Å²) in [4.78, 5) is 5.48. The number of alkyl halides is 6. The lowest BCUT2D eigenvalue weighted by atomic mass is 10.1. The van der Waals surface area contributed by atoms with Gasteiger partial charge in [-0.3, -0.25) is 9.74 Å². The number of nitrogens with zero attached hydrogens (tertiary/aromatic N) is 1. The first-order chi connectivity index (χ1) is 8.16. The lowest BCUT2D eigenvalue weighted by molar-refractivity contribution is -0.195. The second-order valence-corrected chi connectivity index (χ2v) is 4.19. The maximum atomic E-state index is 12.1. The summed E-state index contributed by atoms with van der Waals surface area (Å²) < 4.78 is 71.5. The highest BCUT2D eigenvalue weighted by atomic mass is 19.4. The zero-order chi connectivity index (χ0) is 13.8. The minimum absolute atomic E-state index is 0.187. The summed E-state index contributed by atoms with van der Waals surface area (Å²) in [7, 11) is 0. The number of halogens is 6. The van der Waals surface area contributed by atoms with Crippen molar-refractivity contribution in [2.45, 2.75) is 31.2 Å². The van der Waals surface area contributed by atoms with Gasteiger partial charge in [0.05, 0.1) is 6.54 Å². The van der Waals surface area contributed by atoms with Crippen LogP contribution in [0.5, 0.6) is 0 Å². The van der Waals surface area contributed by atoms with Crippen LogP contribution in [0.15, 0.2) is 0 Å². The van der Waals surface area contributed by atoms with Gasteiger partial charge in [-0.05, 0) is 12.8 Å². The van der Waals surface area contributed by atoms with E-state index in [2.05, 4.69) is 10.3 Å². The summed E-state index contributed by atoms with van der Waals surface area (Å²) in [6.07, 6.45) is -8.00. The summed E-state index contributed by atoms with van der Waals surface area (Å²) in [6.45, 7) is -2.02. The van der Waals surface area contributed by atoms with E-state index < -0.39 is 25.5 Å². The lowest BCUT2D eigenvalue weighted by Gasteiger charge is -2.32. The Kier molecular flexibility index (Phi) is 5.23. The van der Waals surface area contributed by atoms with E-state index in [1.807, 2.05) is 0 Å². The normalized spacial score (nSPS) is 20.3. The second-order valence-electron chi connectivity index (χ2n) is 4.19. The molecule has 1 aliphatic rings. The molecule has 1 fully saturated rings. The molecule has 1 aliphatic heterocycles. The van der Waals surface area contributed by atoms with Gasteiger partial charge in [-0.15, -0.1) is 0 Å². The van der Waals surface area contributed by atoms with Crippen LogP contribution in [0.2, 0.25) is 0 Å². The Morgan fingerprint density at radius 3 is 2.00 bits per heavy atom. The van der Waals surface area contributed by atoms with Crippen molar-refractivity contribution in [1.29, 1.82) is 0 Å². The standard InChI is InChI=1S/C9H14F6N2O/c10-8(11,12)5-17-3-1-7(2-4-17)16-18-6-9(13,14)15/h7,16H,1-6H2. The summed E-state index contributed by atoms with van der Waals surface area (Å²) >= 11 is 0. The van der Waals surface area contributed by atoms with E-state index in [9.17, 15) is 26.3 Å². The van der Waals surface area contributed by atoms with E-state index in [1.54, 1.807) is 0 Å². The third-order valence-electron chi connectivity index (χ3n) is 2.48. The number of hydroxylamine groups is 1. The van der Waals surface area contributed by atoms with Crippen LogP contribution >= 0.6 is 0 Å². The highest BCUT2D eigenvalue weighted by molar-refractivity contribution is 4.76. The molecule has 0 aromatic heterocycles. The van der Waals surface area contributed by atoms with Crippen molar-refractivity contribution in [3.63, 3.8) is 0 Å². The molecule has 3 nitrogen and oxygen atoms in total. The van der Waals surface area contributed by atoms with Gasteiger partial charge in [0.15, 0.2) is 6.61 Å². The van der Waals surface area contributed by atoms with Crippen molar-refractivity contribution in [3.8, 4) is 0 Å². The van der Waals surface area contributed by atoms with Gasteiger partial charge in [0.1, 0.15) is 0 Å². The molecule has 0 saturated carbocycles. The van der Waals surface area contributed by atoms with Gasteiger partial charge in [-0.25, -0.2) is 0 Å². The maximum absolute atomic E-state index is 12.1. The molecule has 9 heteroatoms. The Hall–Kier alpha value is -0.540. The zero-order valence-electron chi connectivity index (χ0n) is 9.44. The van der Waals surface area contributed by atoms with Crippen molar-refractivity contribution >= 4 is 0 Å². The van der Waals surface area contributed by atoms with E-state index >= 15 is 0 Å². The predicted molar refractivity (Wildman–Crippen MR) is 50.7 cm³/mol. The molecule has 1 saturated heterocycles. The fraction of sp³-hybridized carbons (Fsp3) is 1.00. The van der Waals surface area contributed by atoms with Crippen molar-refractivity contribution in [3.05, 3.63) is 0 Å². The van der Waals surface area contributed by atoms with Crippen molar-refractivity contribution in [2.75, 3.05) is 26.2 Å². The van der Waals surface area contributed by atoms with Crippen molar-refractivity contribution in [2.24, 2.45) is 0 Å². The molecule has 0 aromatic carbocycles. The smallest absolute Gasteiger partial charge is 0.295 e. The Balaban J connectivity index is 2.16. The van der Waals surface area contributed by atoms with Gasteiger partial charge < -0.3 is 0 Å². The minimum atomic E-state index is -4.41. The Bertz CT molecular complexity index is 246. The lowest BCUT2D eigenvalue weighted by Crippen LogP contribution is -2.46. The summed E-state index contributed by atoms with van der Waals surface area (Å²) in [5.41, 5.74) is 2.23. The van der Waals surface area contributed by atoms with Crippen LogP contribution in [0, 0.1) is 0 Å². The van der Waals surface area contributed by atoms with Crippen LogP contribution in [-0.2, 0) is 4.84 Å². The average Bonchev–Trinajstić information content (AvgIpc) is 2.16. The van der Waals surface area contributed by atoms with E-state index in [0.29, 0.717) is 12.8 Å². The first kappa shape index (κ1) is 15.5. The molecule has 1 rings (SSSR count). The van der Waals surface area contributed by atoms with Crippen LogP contribution in [0.25, 0.3) is 0 Å². The van der Waals surface area contributed by atoms with Gasteiger partial charge in [-0.1, -0.05) is 0 Å². The summed E-state index contributed by atoms with van der Waals surface area (Å²) in [5, 5.41) is 0. The summed E-state index contributed by atoms with van der Waals surface area (Å²) in [5.74, 6) is 0. The quantitative estimate of drug-likeness (QED) is 0.630. The number of hydrogen-bond acceptors (Lipinski definition) is 3. The van der Waals surface area contributed by atoms with Crippen molar-refractivity contribution < 1.29 is 31.2 Å². The molecule has 0 bridgehead atoms. The fourth-order valence-electron chi connectivity index (χ4n) is 1.70. The SMILES string of the molecule is FC(F)(F)CONC1CCN(CC(F)(F)F)CC1. The first-order valence-corrected chi connectivity index (χ1v) is 5.39. The minimum Gasteiger partial charge on any atom is -0.295 e. The van der Waals surface area contributed by atoms with Crippen molar-refractivity contribution in [1.82, 2.24) is 10.4 Å². The molecule has 108 valence electrons. The molecule has 1 heterocycles. The van der Waals surface area contributed by atoms with Crippen LogP contribution in [0.4, 0.5) is 26.3 Å². The number of nitrogens with one attached hydrogen (secondary N) is 1. The van der Waals surface area contributed by atoms with Crippen LogP contribution < -0.4 is 5.48 Å². The molecule has 0 atom stereocenters. The summed E-state index contributed by atoms with van der Waals surface area (Å²) in [6, 6.07) is -0.336. The molecule has 0 aromatic rings. The number of likely N-dealkylation sites (tertiary alicyclic amines) is 1. The molecule has 0 spiro atoms. The topological polar surface area (TPSA) is 24.5 Å². The second kappa shape index (κ2) is 6.07. The average molecular weight is 280 g/mol. The van der Waals surface area contributed by atoms with Crippen LogP contribution in [0.1, 0.15) is 12.8 Å². The third kappa shape index (κ3) is 7.02. The molecule has 18 heavy (non-hydrogen) atoms. The zero-order valence-corrected chi connectivity index (χ0v) is 9.44. The molecule has 0 unspecified atom stereocenters.